The number of nitrogens with one attached hydrogen (secondary N) is 1. The highest BCUT2D eigenvalue weighted by atomic mass is 35.5. The van der Waals surface area contributed by atoms with E-state index in [1.54, 1.807) is 14.2 Å². The number of aliphatic hydroxyl groups excluding tert-OH is 1. The Morgan fingerprint density at radius 1 is 1.18 bits per heavy atom. The molecular weight excluding hydrogens is 380 g/mol. The normalized spacial score (nSPS) is 17.2. The SMILES string of the molecule is COc1ccc(C2(/C=N/OCC(O)CNC(C)(C)C)CCCC2)cc1OC.Cl. The number of rotatable bonds is 9. The third-order valence-corrected chi connectivity index (χ3v) is 4.96. The second-order valence-corrected chi connectivity index (χ2v) is 8.25. The molecule has 0 radical (unpaired) electrons. The molecule has 0 bridgehead atoms. The third-order valence-electron chi connectivity index (χ3n) is 4.96. The lowest BCUT2D eigenvalue weighted by Crippen LogP contribution is -2.42. The fraction of sp³-hybridized carbons (Fsp3) is 0.667. The standard InChI is InChI=1S/C21H34N2O4.ClH/c1-20(2,3)22-13-17(24)14-27-23-15-21(10-6-7-11-21)16-8-9-18(25-4)19(12-16)26-5;/h8-9,12,15,17,22,24H,6-7,10-11,13-14H2,1-5H3;1H/b23-15+;. The first-order valence-corrected chi connectivity index (χ1v) is 9.62. The van der Waals surface area contributed by atoms with Crippen molar-refractivity contribution in [2.24, 2.45) is 5.16 Å². The molecule has 1 aliphatic rings. The smallest absolute Gasteiger partial charge is 0.161 e. The fourth-order valence-corrected chi connectivity index (χ4v) is 3.39. The van der Waals surface area contributed by atoms with Crippen LogP contribution in [0.15, 0.2) is 23.4 Å². The summed E-state index contributed by atoms with van der Waals surface area (Å²) in [7, 11) is 3.28. The molecule has 0 aliphatic heterocycles. The number of hydrogen-bond acceptors (Lipinski definition) is 6. The Bertz CT molecular complexity index is 625. The number of nitrogens with zero attached hydrogens (tertiary/aromatic N) is 1. The summed E-state index contributed by atoms with van der Waals surface area (Å²) in [6.07, 6.45) is 5.64. The molecule has 1 aromatic carbocycles. The third kappa shape index (κ3) is 6.83. The van der Waals surface area contributed by atoms with E-state index >= 15 is 0 Å². The van der Waals surface area contributed by atoms with E-state index in [1.807, 2.05) is 18.3 Å². The number of aliphatic hydroxyl groups is 1. The van der Waals surface area contributed by atoms with Gasteiger partial charge in [0, 0.05) is 17.5 Å². The Balaban J connectivity index is 0.00000392. The van der Waals surface area contributed by atoms with E-state index in [4.69, 9.17) is 14.3 Å². The van der Waals surface area contributed by atoms with E-state index in [-0.39, 0.29) is 30.0 Å². The summed E-state index contributed by atoms with van der Waals surface area (Å²) in [5, 5.41) is 17.5. The maximum atomic E-state index is 10.0. The van der Waals surface area contributed by atoms with Gasteiger partial charge in [-0.05, 0) is 51.3 Å². The molecule has 6 nitrogen and oxygen atoms in total. The first-order valence-electron chi connectivity index (χ1n) is 9.62. The van der Waals surface area contributed by atoms with Crippen molar-refractivity contribution in [3.8, 4) is 11.5 Å². The van der Waals surface area contributed by atoms with E-state index in [0.717, 1.165) is 42.7 Å². The molecule has 160 valence electrons. The summed E-state index contributed by atoms with van der Waals surface area (Å²) >= 11 is 0. The van der Waals surface area contributed by atoms with Gasteiger partial charge in [0.15, 0.2) is 11.5 Å². The van der Waals surface area contributed by atoms with E-state index in [0.29, 0.717) is 6.54 Å². The predicted octanol–water partition coefficient (Wildman–Crippen LogP) is 3.69. The van der Waals surface area contributed by atoms with Gasteiger partial charge in [-0.15, -0.1) is 12.4 Å². The van der Waals surface area contributed by atoms with E-state index in [1.165, 1.54) is 0 Å². The topological polar surface area (TPSA) is 72.3 Å². The van der Waals surface area contributed by atoms with Gasteiger partial charge in [-0.3, -0.25) is 0 Å². The summed E-state index contributed by atoms with van der Waals surface area (Å²) in [5.74, 6) is 1.44. The maximum absolute atomic E-state index is 10.0. The molecule has 1 atom stereocenters. The van der Waals surface area contributed by atoms with Crippen molar-refractivity contribution in [1.82, 2.24) is 5.32 Å². The summed E-state index contributed by atoms with van der Waals surface area (Å²) in [6.45, 7) is 6.82. The van der Waals surface area contributed by atoms with Crippen LogP contribution in [-0.2, 0) is 10.3 Å². The molecule has 1 aliphatic carbocycles. The molecule has 1 unspecified atom stereocenters. The molecule has 1 fully saturated rings. The van der Waals surface area contributed by atoms with E-state index < -0.39 is 6.10 Å². The van der Waals surface area contributed by atoms with Gasteiger partial charge in [-0.25, -0.2) is 0 Å². The molecule has 2 N–H and O–H groups in total. The highest BCUT2D eigenvalue weighted by Gasteiger charge is 2.35. The van der Waals surface area contributed by atoms with Crippen LogP contribution < -0.4 is 14.8 Å². The van der Waals surface area contributed by atoms with Crippen LogP contribution in [0.1, 0.15) is 52.0 Å². The number of hydrogen-bond donors (Lipinski definition) is 2. The van der Waals surface area contributed by atoms with Crippen LogP contribution >= 0.6 is 12.4 Å². The Kier molecular flexibility index (Phi) is 9.54. The summed E-state index contributed by atoms with van der Waals surface area (Å²) in [6, 6.07) is 6.03. The van der Waals surface area contributed by atoms with Crippen molar-refractivity contribution in [3.05, 3.63) is 23.8 Å². The predicted molar refractivity (Wildman–Crippen MR) is 115 cm³/mol. The van der Waals surface area contributed by atoms with Crippen LogP contribution in [-0.4, -0.2) is 50.3 Å². The maximum Gasteiger partial charge on any atom is 0.161 e. The second-order valence-electron chi connectivity index (χ2n) is 8.25. The number of halogens is 1. The number of β-amino-alcohol motifs (C(OH)–C–C–N with tert-alkyl or cyclic N) is 1. The lowest BCUT2D eigenvalue weighted by atomic mass is 9.80. The molecule has 1 saturated carbocycles. The average molecular weight is 415 g/mol. The quantitative estimate of drug-likeness (QED) is 0.476. The molecule has 2 rings (SSSR count). The largest absolute Gasteiger partial charge is 0.493 e. The van der Waals surface area contributed by atoms with Crippen LogP contribution in [0.3, 0.4) is 0 Å². The molecule has 0 heterocycles. The van der Waals surface area contributed by atoms with Gasteiger partial charge in [-0.2, -0.15) is 0 Å². The fourth-order valence-electron chi connectivity index (χ4n) is 3.39. The molecule has 0 amide bonds. The van der Waals surface area contributed by atoms with E-state index in [2.05, 4.69) is 37.3 Å². The van der Waals surface area contributed by atoms with Gasteiger partial charge in [0.2, 0.25) is 0 Å². The molecule has 0 aromatic heterocycles. The van der Waals surface area contributed by atoms with Crippen LogP contribution in [0.5, 0.6) is 11.5 Å². The lowest BCUT2D eigenvalue weighted by Gasteiger charge is -2.25. The zero-order valence-electron chi connectivity index (χ0n) is 17.7. The van der Waals surface area contributed by atoms with Gasteiger partial charge in [0.1, 0.15) is 12.7 Å². The van der Waals surface area contributed by atoms with Crippen molar-refractivity contribution in [2.45, 2.75) is 63.5 Å². The highest BCUT2D eigenvalue weighted by molar-refractivity contribution is 5.85. The molecule has 28 heavy (non-hydrogen) atoms. The minimum atomic E-state index is -0.595. The highest BCUT2D eigenvalue weighted by Crippen LogP contribution is 2.42. The number of methoxy groups -OCH3 is 2. The van der Waals surface area contributed by atoms with Crippen molar-refractivity contribution < 1.29 is 19.4 Å². The van der Waals surface area contributed by atoms with Crippen molar-refractivity contribution >= 4 is 18.6 Å². The van der Waals surface area contributed by atoms with E-state index in [9.17, 15) is 5.11 Å². The van der Waals surface area contributed by atoms with Gasteiger partial charge in [0.05, 0.1) is 20.4 Å². The van der Waals surface area contributed by atoms with Gasteiger partial charge >= 0.3 is 0 Å². The molecule has 7 heteroatoms. The van der Waals surface area contributed by atoms with Crippen LogP contribution in [0.25, 0.3) is 0 Å². The van der Waals surface area contributed by atoms with Crippen molar-refractivity contribution in [3.63, 3.8) is 0 Å². The Hall–Kier alpha value is -1.50. The molecular formula is C21H35ClN2O4. The van der Waals surface area contributed by atoms with Gasteiger partial charge in [-0.1, -0.05) is 24.1 Å². The number of oxime groups is 1. The number of ether oxygens (including phenoxy) is 2. The minimum Gasteiger partial charge on any atom is -0.493 e. The van der Waals surface area contributed by atoms with Crippen LogP contribution in [0, 0.1) is 0 Å². The lowest BCUT2D eigenvalue weighted by molar-refractivity contribution is 0.0372. The summed E-state index contributed by atoms with van der Waals surface area (Å²) in [5.41, 5.74) is 0.958. The first kappa shape index (κ1) is 24.5. The van der Waals surface area contributed by atoms with Crippen molar-refractivity contribution in [1.29, 1.82) is 0 Å². The Labute approximate surface area is 175 Å². The second kappa shape index (κ2) is 10.9. The molecule has 1 aromatic rings. The zero-order valence-corrected chi connectivity index (χ0v) is 18.5. The van der Waals surface area contributed by atoms with Crippen molar-refractivity contribution in [2.75, 3.05) is 27.4 Å². The Morgan fingerprint density at radius 3 is 2.39 bits per heavy atom. The molecule has 0 saturated heterocycles. The van der Waals surface area contributed by atoms with Gasteiger partial charge < -0.3 is 24.7 Å². The molecule has 0 spiro atoms. The van der Waals surface area contributed by atoms with Crippen LogP contribution in [0.4, 0.5) is 0 Å². The van der Waals surface area contributed by atoms with Crippen LogP contribution in [0.2, 0.25) is 0 Å². The monoisotopic (exact) mass is 414 g/mol. The first-order chi connectivity index (χ1) is 12.8. The zero-order chi connectivity index (χ0) is 19.9. The summed E-state index contributed by atoms with van der Waals surface area (Å²) in [4.78, 5) is 5.39. The Morgan fingerprint density at radius 2 is 1.82 bits per heavy atom. The minimum absolute atomic E-state index is 0. The summed E-state index contributed by atoms with van der Waals surface area (Å²) < 4.78 is 10.8. The average Bonchev–Trinajstić information content (AvgIpc) is 3.12. The number of benzene rings is 1. The van der Waals surface area contributed by atoms with Gasteiger partial charge in [0.25, 0.3) is 0 Å².